The second kappa shape index (κ2) is 2.42. The van der Waals surface area contributed by atoms with Gasteiger partial charge in [0.2, 0.25) is 10.0 Å². The van der Waals surface area contributed by atoms with Crippen molar-refractivity contribution in [3.8, 4) is 0 Å². The van der Waals surface area contributed by atoms with Crippen LogP contribution in [0.25, 0.3) is 0 Å². The fraction of sp³-hybridized carbons (Fsp3) is 1.00. The summed E-state index contributed by atoms with van der Waals surface area (Å²) in [7, 11) is -3.14. The van der Waals surface area contributed by atoms with Crippen LogP contribution in [-0.4, -0.2) is 37.2 Å². The molecule has 11 heavy (non-hydrogen) atoms. The SMILES string of the molecule is CCS(=O)(=O)N1CC(C)(F)C1. The number of hydrogen-bond donors (Lipinski definition) is 0. The highest BCUT2D eigenvalue weighted by Gasteiger charge is 2.44. The van der Waals surface area contributed by atoms with E-state index in [1.54, 1.807) is 6.92 Å². The van der Waals surface area contributed by atoms with Crippen molar-refractivity contribution < 1.29 is 12.8 Å². The summed E-state index contributed by atoms with van der Waals surface area (Å²) < 4.78 is 36.0. The molecule has 0 aromatic rings. The van der Waals surface area contributed by atoms with Gasteiger partial charge in [-0.3, -0.25) is 0 Å². The first kappa shape index (κ1) is 8.93. The topological polar surface area (TPSA) is 37.4 Å². The average molecular weight is 181 g/mol. The van der Waals surface area contributed by atoms with E-state index in [0.29, 0.717) is 0 Å². The van der Waals surface area contributed by atoms with E-state index in [-0.39, 0.29) is 18.8 Å². The van der Waals surface area contributed by atoms with Crippen LogP contribution < -0.4 is 0 Å². The van der Waals surface area contributed by atoms with Crippen LogP contribution in [0.2, 0.25) is 0 Å². The molecule has 1 aliphatic rings. The van der Waals surface area contributed by atoms with Gasteiger partial charge < -0.3 is 0 Å². The first-order valence-electron chi connectivity index (χ1n) is 3.54. The molecule has 0 atom stereocenters. The van der Waals surface area contributed by atoms with Gasteiger partial charge in [0.1, 0.15) is 5.67 Å². The van der Waals surface area contributed by atoms with Crippen molar-refractivity contribution in [2.24, 2.45) is 0 Å². The van der Waals surface area contributed by atoms with Crippen molar-refractivity contribution in [2.75, 3.05) is 18.8 Å². The van der Waals surface area contributed by atoms with Crippen LogP contribution in [0.3, 0.4) is 0 Å². The molecule has 0 aromatic heterocycles. The van der Waals surface area contributed by atoms with Gasteiger partial charge in [-0.1, -0.05) is 0 Å². The summed E-state index contributed by atoms with van der Waals surface area (Å²) in [5.41, 5.74) is -1.30. The molecule has 0 unspecified atom stereocenters. The fourth-order valence-electron chi connectivity index (χ4n) is 1.07. The van der Waals surface area contributed by atoms with Gasteiger partial charge in [0, 0.05) is 13.1 Å². The highest BCUT2D eigenvalue weighted by molar-refractivity contribution is 7.89. The molecular weight excluding hydrogens is 169 g/mol. The van der Waals surface area contributed by atoms with Gasteiger partial charge in [0.05, 0.1) is 5.75 Å². The molecule has 1 fully saturated rings. The largest absolute Gasteiger partial charge is 0.241 e. The Bertz CT molecular complexity index is 239. The van der Waals surface area contributed by atoms with Gasteiger partial charge in [0.25, 0.3) is 0 Å². The van der Waals surface area contributed by atoms with E-state index in [4.69, 9.17) is 0 Å². The lowest BCUT2D eigenvalue weighted by molar-refractivity contribution is 0.0399. The van der Waals surface area contributed by atoms with Gasteiger partial charge in [-0.25, -0.2) is 12.8 Å². The Morgan fingerprint density at radius 3 is 2.27 bits per heavy atom. The van der Waals surface area contributed by atoms with E-state index in [0.717, 1.165) is 0 Å². The summed E-state index contributed by atoms with van der Waals surface area (Å²) in [5.74, 6) is 0.0586. The fourth-order valence-corrected chi connectivity index (χ4v) is 2.37. The van der Waals surface area contributed by atoms with Gasteiger partial charge in [-0.05, 0) is 13.8 Å². The lowest BCUT2D eigenvalue weighted by Gasteiger charge is -2.40. The van der Waals surface area contributed by atoms with Gasteiger partial charge >= 0.3 is 0 Å². The molecule has 0 bridgehead atoms. The number of hydrogen-bond acceptors (Lipinski definition) is 2. The zero-order valence-corrected chi connectivity index (χ0v) is 7.49. The van der Waals surface area contributed by atoms with E-state index < -0.39 is 15.7 Å². The van der Waals surface area contributed by atoms with Gasteiger partial charge in [-0.2, -0.15) is 4.31 Å². The third kappa shape index (κ3) is 1.70. The molecular formula is C6H12FNO2S. The van der Waals surface area contributed by atoms with E-state index >= 15 is 0 Å². The number of halogens is 1. The highest BCUT2D eigenvalue weighted by Crippen LogP contribution is 2.26. The number of rotatable bonds is 2. The molecule has 0 amide bonds. The lowest BCUT2D eigenvalue weighted by atomic mass is 10.0. The summed E-state index contributed by atoms with van der Waals surface area (Å²) >= 11 is 0. The van der Waals surface area contributed by atoms with Crippen LogP contribution in [0, 0.1) is 0 Å². The molecule has 0 radical (unpaired) electrons. The van der Waals surface area contributed by atoms with Crippen LogP contribution in [0.15, 0.2) is 0 Å². The summed E-state index contributed by atoms with van der Waals surface area (Å²) in [6.45, 7) is 3.00. The van der Waals surface area contributed by atoms with Gasteiger partial charge in [0.15, 0.2) is 0 Å². The average Bonchev–Trinajstić information content (AvgIpc) is 1.83. The Hall–Kier alpha value is -0.160. The summed E-state index contributed by atoms with van der Waals surface area (Å²) in [4.78, 5) is 0. The van der Waals surface area contributed by atoms with Crippen LogP contribution in [0.4, 0.5) is 4.39 Å². The quantitative estimate of drug-likeness (QED) is 0.617. The Balaban J connectivity index is 2.58. The number of nitrogens with zero attached hydrogens (tertiary/aromatic N) is 1. The van der Waals surface area contributed by atoms with Crippen molar-refractivity contribution in [1.82, 2.24) is 4.31 Å². The van der Waals surface area contributed by atoms with Crippen molar-refractivity contribution in [3.63, 3.8) is 0 Å². The van der Waals surface area contributed by atoms with E-state index in [1.165, 1.54) is 11.2 Å². The van der Waals surface area contributed by atoms with Crippen molar-refractivity contribution >= 4 is 10.0 Å². The second-order valence-corrected chi connectivity index (χ2v) is 5.34. The Morgan fingerprint density at radius 1 is 1.55 bits per heavy atom. The Morgan fingerprint density at radius 2 is 2.00 bits per heavy atom. The Labute approximate surface area is 66.2 Å². The highest BCUT2D eigenvalue weighted by atomic mass is 32.2. The molecule has 1 saturated heterocycles. The first-order chi connectivity index (χ1) is 4.87. The minimum atomic E-state index is -3.14. The summed E-state index contributed by atoms with van der Waals surface area (Å²) in [6.07, 6.45) is 0. The summed E-state index contributed by atoms with van der Waals surface area (Å²) in [6, 6.07) is 0. The Kier molecular flexibility index (Phi) is 1.96. The molecule has 1 aliphatic heterocycles. The predicted octanol–water partition coefficient (Wildman–Crippen LogP) is 0.380. The first-order valence-corrected chi connectivity index (χ1v) is 5.15. The van der Waals surface area contributed by atoms with Crippen molar-refractivity contribution in [2.45, 2.75) is 19.5 Å². The maximum absolute atomic E-state index is 12.8. The van der Waals surface area contributed by atoms with Gasteiger partial charge in [-0.15, -0.1) is 0 Å². The molecule has 0 aliphatic carbocycles. The molecule has 1 rings (SSSR count). The van der Waals surface area contributed by atoms with Crippen molar-refractivity contribution in [1.29, 1.82) is 0 Å². The van der Waals surface area contributed by atoms with E-state index in [2.05, 4.69) is 0 Å². The zero-order chi connectivity index (χ0) is 8.70. The molecule has 0 spiro atoms. The number of alkyl halides is 1. The van der Waals surface area contributed by atoms with Crippen LogP contribution in [0.1, 0.15) is 13.8 Å². The maximum atomic E-state index is 12.8. The second-order valence-electron chi connectivity index (χ2n) is 3.08. The predicted molar refractivity (Wildman–Crippen MR) is 40.5 cm³/mol. The number of sulfonamides is 1. The molecule has 0 aromatic carbocycles. The molecule has 3 nitrogen and oxygen atoms in total. The normalized spacial score (nSPS) is 24.6. The monoisotopic (exact) mass is 181 g/mol. The van der Waals surface area contributed by atoms with Crippen LogP contribution >= 0.6 is 0 Å². The van der Waals surface area contributed by atoms with Crippen LogP contribution in [0.5, 0.6) is 0 Å². The van der Waals surface area contributed by atoms with Crippen LogP contribution in [-0.2, 0) is 10.0 Å². The van der Waals surface area contributed by atoms with E-state index in [9.17, 15) is 12.8 Å². The van der Waals surface area contributed by atoms with Crippen molar-refractivity contribution in [3.05, 3.63) is 0 Å². The third-order valence-corrected chi connectivity index (χ3v) is 3.54. The molecule has 1 heterocycles. The minimum Gasteiger partial charge on any atom is -0.241 e. The molecule has 0 saturated carbocycles. The minimum absolute atomic E-state index is 0.0170. The summed E-state index contributed by atoms with van der Waals surface area (Å²) in [5, 5.41) is 0. The molecule has 0 N–H and O–H groups in total. The third-order valence-electron chi connectivity index (χ3n) is 1.77. The smallest absolute Gasteiger partial charge is 0.214 e. The zero-order valence-electron chi connectivity index (χ0n) is 6.67. The lowest BCUT2D eigenvalue weighted by Crippen LogP contribution is -2.59. The van der Waals surface area contributed by atoms with E-state index in [1.807, 2.05) is 0 Å². The molecule has 5 heteroatoms. The maximum Gasteiger partial charge on any atom is 0.214 e. The molecule has 66 valence electrons. The standard InChI is InChI=1S/C6H12FNO2S/c1-3-11(9,10)8-4-6(2,7)5-8/h3-5H2,1-2H3.